The van der Waals surface area contributed by atoms with E-state index in [0.717, 1.165) is 42.9 Å². The monoisotopic (exact) mass is 333 g/mol. The molecule has 0 aromatic carbocycles. The van der Waals surface area contributed by atoms with Gasteiger partial charge in [0.05, 0.1) is 12.1 Å². The van der Waals surface area contributed by atoms with Gasteiger partial charge in [-0.05, 0) is 45.7 Å². The molecule has 1 saturated heterocycles. The molecule has 3 rings (SSSR count). The van der Waals surface area contributed by atoms with Gasteiger partial charge in [0, 0.05) is 29.4 Å². The molecule has 2 aromatic rings. The minimum absolute atomic E-state index is 0.0320. The van der Waals surface area contributed by atoms with Crippen LogP contribution in [0.5, 0.6) is 0 Å². The largest absolute Gasteiger partial charge is 0.317 e. The van der Waals surface area contributed by atoms with E-state index in [0.29, 0.717) is 17.5 Å². The summed E-state index contributed by atoms with van der Waals surface area (Å²) in [5, 5.41) is 11.3. The van der Waals surface area contributed by atoms with Crippen LogP contribution in [0.3, 0.4) is 0 Å². The number of nitrogens with zero attached hydrogens (tertiary/aromatic N) is 3. The average Bonchev–Trinajstić information content (AvgIpc) is 3.09. The second kappa shape index (κ2) is 6.80. The van der Waals surface area contributed by atoms with Crippen molar-refractivity contribution in [2.45, 2.75) is 39.0 Å². The van der Waals surface area contributed by atoms with Crippen molar-refractivity contribution in [3.8, 4) is 0 Å². The number of hydrogen-bond donors (Lipinski definition) is 2. The first-order valence-electron chi connectivity index (χ1n) is 8.00. The van der Waals surface area contributed by atoms with Crippen LogP contribution in [0.15, 0.2) is 6.20 Å². The van der Waals surface area contributed by atoms with E-state index in [4.69, 9.17) is 0 Å². The van der Waals surface area contributed by atoms with Gasteiger partial charge in [-0.2, -0.15) is 5.10 Å². The number of carbonyl (C=O) groups is 1. The third-order valence-corrected chi connectivity index (χ3v) is 5.58. The van der Waals surface area contributed by atoms with Crippen molar-refractivity contribution >= 4 is 22.4 Å². The number of amides is 1. The van der Waals surface area contributed by atoms with E-state index in [1.165, 1.54) is 4.88 Å². The second-order valence-corrected chi connectivity index (χ2v) is 7.15. The summed E-state index contributed by atoms with van der Waals surface area (Å²) >= 11 is 1.60. The van der Waals surface area contributed by atoms with Gasteiger partial charge in [-0.3, -0.25) is 9.48 Å². The maximum Gasteiger partial charge on any atom is 0.230 e. The molecule has 0 atom stereocenters. The molecule has 2 N–H and O–H groups in total. The zero-order valence-electron chi connectivity index (χ0n) is 13.8. The van der Waals surface area contributed by atoms with Gasteiger partial charge in [-0.25, -0.2) is 4.98 Å². The van der Waals surface area contributed by atoms with Gasteiger partial charge in [0.1, 0.15) is 0 Å². The van der Waals surface area contributed by atoms with Crippen molar-refractivity contribution in [2.24, 2.45) is 7.05 Å². The summed E-state index contributed by atoms with van der Waals surface area (Å²) in [7, 11) is 1.90. The molecule has 0 aliphatic carbocycles. The lowest BCUT2D eigenvalue weighted by Crippen LogP contribution is -2.26. The zero-order chi connectivity index (χ0) is 16.4. The second-order valence-electron chi connectivity index (χ2n) is 6.09. The Labute approximate surface area is 140 Å². The van der Waals surface area contributed by atoms with Crippen LogP contribution in [0.1, 0.15) is 40.6 Å². The molecule has 0 radical (unpaired) electrons. The Morgan fingerprint density at radius 1 is 1.43 bits per heavy atom. The number of aryl methyl sites for hydroxylation is 2. The van der Waals surface area contributed by atoms with Crippen molar-refractivity contribution in [2.75, 3.05) is 18.4 Å². The van der Waals surface area contributed by atoms with Gasteiger partial charge in [-0.15, -0.1) is 11.3 Å². The fourth-order valence-corrected chi connectivity index (χ4v) is 4.04. The highest BCUT2D eigenvalue weighted by Gasteiger charge is 2.19. The summed E-state index contributed by atoms with van der Waals surface area (Å²) in [5.41, 5.74) is 2.95. The molecule has 6 nitrogen and oxygen atoms in total. The smallest absolute Gasteiger partial charge is 0.230 e. The first-order valence-corrected chi connectivity index (χ1v) is 8.81. The van der Waals surface area contributed by atoms with E-state index >= 15 is 0 Å². The lowest BCUT2D eigenvalue weighted by atomic mass is 9.97. The van der Waals surface area contributed by atoms with Crippen LogP contribution in [0, 0.1) is 13.8 Å². The summed E-state index contributed by atoms with van der Waals surface area (Å²) in [5.74, 6) is 0.539. The van der Waals surface area contributed by atoms with Crippen LogP contribution in [0.4, 0.5) is 5.13 Å². The maximum absolute atomic E-state index is 12.3. The highest BCUT2D eigenvalue weighted by Crippen LogP contribution is 2.31. The predicted molar refractivity (Wildman–Crippen MR) is 92.0 cm³/mol. The quantitative estimate of drug-likeness (QED) is 0.899. The highest BCUT2D eigenvalue weighted by molar-refractivity contribution is 7.15. The van der Waals surface area contributed by atoms with Crippen molar-refractivity contribution < 1.29 is 4.79 Å². The summed E-state index contributed by atoms with van der Waals surface area (Å²) in [4.78, 5) is 17.9. The molecule has 0 unspecified atom stereocenters. The number of carbonyl (C=O) groups excluding carboxylic acids is 1. The molecule has 23 heavy (non-hydrogen) atoms. The van der Waals surface area contributed by atoms with Crippen LogP contribution in [0.25, 0.3) is 0 Å². The van der Waals surface area contributed by atoms with Crippen LogP contribution in [0.2, 0.25) is 0 Å². The number of aromatic nitrogens is 3. The maximum atomic E-state index is 12.3. The molecule has 0 saturated carbocycles. The molecule has 2 aromatic heterocycles. The van der Waals surface area contributed by atoms with Crippen LogP contribution < -0.4 is 10.6 Å². The minimum Gasteiger partial charge on any atom is -0.317 e. The molecular formula is C16H23N5OS. The molecule has 3 heterocycles. The molecule has 0 bridgehead atoms. The van der Waals surface area contributed by atoms with E-state index < -0.39 is 0 Å². The number of anilines is 1. The number of thiazole rings is 1. The van der Waals surface area contributed by atoms with E-state index in [-0.39, 0.29) is 5.91 Å². The fraction of sp³-hybridized carbons (Fsp3) is 0.562. The minimum atomic E-state index is -0.0320. The van der Waals surface area contributed by atoms with Crippen molar-refractivity contribution in [3.63, 3.8) is 0 Å². The Morgan fingerprint density at radius 2 is 2.17 bits per heavy atom. The first-order chi connectivity index (χ1) is 11.0. The van der Waals surface area contributed by atoms with Crippen molar-refractivity contribution in [1.29, 1.82) is 0 Å². The summed E-state index contributed by atoms with van der Waals surface area (Å²) in [6, 6.07) is 0. The van der Waals surface area contributed by atoms with Crippen LogP contribution in [-0.2, 0) is 18.3 Å². The van der Waals surface area contributed by atoms with Crippen molar-refractivity contribution in [1.82, 2.24) is 20.1 Å². The van der Waals surface area contributed by atoms with Gasteiger partial charge < -0.3 is 10.6 Å². The highest BCUT2D eigenvalue weighted by atomic mass is 32.1. The SMILES string of the molecule is Cc1nn(C)c(C)c1CC(=O)Nc1ncc(C2CCNCC2)s1. The Balaban J connectivity index is 1.63. The Morgan fingerprint density at radius 3 is 2.83 bits per heavy atom. The summed E-state index contributed by atoms with van der Waals surface area (Å²) in [6.07, 6.45) is 4.54. The molecule has 1 fully saturated rings. The van der Waals surface area contributed by atoms with E-state index in [9.17, 15) is 4.79 Å². The van der Waals surface area contributed by atoms with Crippen LogP contribution >= 0.6 is 11.3 Å². The molecule has 0 spiro atoms. The lowest BCUT2D eigenvalue weighted by Gasteiger charge is -2.20. The van der Waals surface area contributed by atoms with Gasteiger partial charge >= 0.3 is 0 Å². The average molecular weight is 333 g/mol. The Kier molecular flexibility index (Phi) is 4.77. The lowest BCUT2D eigenvalue weighted by molar-refractivity contribution is -0.115. The number of hydrogen-bond acceptors (Lipinski definition) is 5. The fourth-order valence-electron chi connectivity index (χ4n) is 3.04. The Hall–Kier alpha value is -1.73. The molecule has 124 valence electrons. The molecule has 1 amide bonds. The number of rotatable bonds is 4. The number of piperidine rings is 1. The molecule has 1 aliphatic rings. The topological polar surface area (TPSA) is 71.8 Å². The molecule has 7 heteroatoms. The van der Waals surface area contributed by atoms with Gasteiger partial charge in [-0.1, -0.05) is 0 Å². The summed E-state index contributed by atoms with van der Waals surface area (Å²) < 4.78 is 1.82. The van der Waals surface area contributed by atoms with Crippen LogP contribution in [-0.4, -0.2) is 33.8 Å². The third kappa shape index (κ3) is 3.61. The van der Waals surface area contributed by atoms with E-state index in [1.807, 2.05) is 31.8 Å². The number of nitrogens with one attached hydrogen (secondary N) is 2. The predicted octanol–water partition coefficient (Wildman–Crippen LogP) is 2.14. The Bertz CT molecular complexity index is 699. The first kappa shape index (κ1) is 16.1. The van der Waals surface area contributed by atoms with Gasteiger partial charge in [0.15, 0.2) is 5.13 Å². The normalized spacial score (nSPS) is 15.8. The van der Waals surface area contributed by atoms with E-state index in [2.05, 4.69) is 20.7 Å². The molecular weight excluding hydrogens is 310 g/mol. The van der Waals surface area contributed by atoms with E-state index in [1.54, 1.807) is 11.3 Å². The van der Waals surface area contributed by atoms with Crippen molar-refractivity contribution in [3.05, 3.63) is 28.0 Å². The standard InChI is InChI=1S/C16H23N5OS/c1-10-13(11(2)21(3)20-10)8-15(22)19-16-18-9-14(23-16)12-4-6-17-7-5-12/h9,12,17H,4-8H2,1-3H3,(H,18,19,22). The van der Waals surface area contributed by atoms with Gasteiger partial charge in [0.25, 0.3) is 0 Å². The third-order valence-electron chi connectivity index (χ3n) is 4.51. The molecule has 1 aliphatic heterocycles. The zero-order valence-corrected chi connectivity index (χ0v) is 14.7. The van der Waals surface area contributed by atoms with Gasteiger partial charge in [0.2, 0.25) is 5.91 Å². The summed E-state index contributed by atoms with van der Waals surface area (Å²) in [6.45, 7) is 6.04.